The first kappa shape index (κ1) is 16.6. The number of aromatic nitrogens is 7. The van der Waals surface area contributed by atoms with E-state index in [1.165, 1.54) is 21.8 Å². The molecule has 27 heavy (non-hydrogen) atoms. The molecule has 0 unspecified atom stereocenters. The average molecular weight is 364 g/mol. The summed E-state index contributed by atoms with van der Waals surface area (Å²) in [5, 5.41) is 11.4. The highest BCUT2D eigenvalue weighted by Crippen LogP contribution is 2.16. The Hall–Kier alpha value is -3.82. The van der Waals surface area contributed by atoms with Gasteiger partial charge in [0.1, 0.15) is 5.39 Å². The van der Waals surface area contributed by atoms with Crippen molar-refractivity contribution >= 4 is 22.6 Å². The fourth-order valence-electron chi connectivity index (χ4n) is 2.73. The van der Waals surface area contributed by atoms with Crippen LogP contribution in [0.2, 0.25) is 0 Å². The lowest BCUT2D eigenvalue weighted by molar-refractivity contribution is -0.116. The van der Waals surface area contributed by atoms with Crippen LogP contribution in [-0.4, -0.2) is 40.0 Å². The zero-order valence-corrected chi connectivity index (χ0v) is 14.5. The van der Waals surface area contributed by atoms with Gasteiger partial charge in [0.25, 0.3) is 5.56 Å². The van der Waals surface area contributed by atoms with E-state index in [1.807, 2.05) is 0 Å². The first-order valence-electron chi connectivity index (χ1n) is 8.25. The minimum absolute atomic E-state index is 0.112. The predicted octanol–water partition coefficient (Wildman–Crippen LogP) is 0.739. The Kier molecular flexibility index (Phi) is 4.21. The summed E-state index contributed by atoms with van der Waals surface area (Å²) in [7, 11) is 1.72. The van der Waals surface area contributed by atoms with Crippen molar-refractivity contribution in [3.8, 4) is 5.82 Å². The van der Waals surface area contributed by atoms with E-state index in [9.17, 15) is 9.59 Å². The van der Waals surface area contributed by atoms with Gasteiger partial charge in [-0.3, -0.25) is 18.8 Å². The van der Waals surface area contributed by atoms with Crippen molar-refractivity contribution < 1.29 is 4.79 Å². The number of fused-ring (bicyclic) bond motifs is 1. The quantitative estimate of drug-likeness (QED) is 0.559. The van der Waals surface area contributed by atoms with Gasteiger partial charge in [-0.1, -0.05) is 0 Å². The standard InChI is InChI=1S/C17H16N8O2/c1-23-15-12(10-21-23)17(27)24(11-19-15)9-5-14(26)22-13-4-2-6-18-16(13)25-8-3-7-20-25/h2-4,6-8,10-11H,5,9H2,1H3,(H,22,26). The van der Waals surface area contributed by atoms with Crippen LogP contribution >= 0.6 is 0 Å². The Labute approximate surface area is 153 Å². The summed E-state index contributed by atoms with van der Waals surface area (Å²) in [6.45, 7) is 0.208. The fourth-order valence-corrected chi connectivity index (χ4v) is 2.73. The van der Waals surface area contributed by atoms with E-state index in [2.05, 4.69) is 25.5 Å². The largest absolute Gasteiger partial charge is 0.323 e. The summed E-state index contributed by atoms with van der Waals surface area (Å²) in [4.78, 5) is 33.3. The van der Waals surface area contributed by atoms with Crippen molar-refractivity contribution in [2.45, 2.75) is 13.0 Å². The van der Waals surface area contributed by atoms with Gasteiger partial charge < -0.3 is 5.32 Å². The highest BCUT2D eigenvalue weighted by molar-refractivity contribution is 5.92. The lowest BCUT2D eigenvalue weighted by Crippen LogP contribution is -2.24. The Morgan fingerprint density at radius 1 is 1.19 bits per heavy atom. The number of hydrogen-bond acceptors (Lipinski definition) is 6. The predicted molar refractivity (Wildman–Crippen MR) is 97.4 cm³/mol. The number of amides is 1. The van der Waals surface area contributed by atoms with E-state index in [1.54, 1.807) is 48.5 Å². The number of nitrogens with zero attached hydrogens (tertiary/aromatic N) is 7. The van der Waals surface area contributed by atoms with Gasteiger partial charge in [-0.05, 0) is 18.2 Å². The number of carbonyl (C=O) groups is 1. The molecule has 4 aromatic rings. The van der Waals surface area contributed by atoms with E-state index in [0.717, 1.165) is 0 Å². The number of anilines is 1. The van der Waals surface area contributed by atoms with Crippen molar-refractivity contribution in [2.75, 3.05) is 5.32 Å². The topological polar surface area (TPSA) is 113 Å². The monoisotopic (exact) mass is 364 g/mol. The summed E-state index contributed by atoms with van der Waals surface area (Å²) in [6, 6.07) is 5.25. The van der Waals surface area contributed by atoms with Gasteiger partial charge in [-0.25, -0.2) is 14.6 Å². The van der Waals surface area contributed by atoms with Crippen LogP contribution in [-0.2, 0) is 18.4 Å². The summed E-state index contributed by atoms with van der Waals surface area (Å²) in [5.74, 6) is 0.279. The molecule has 0 saturated heterocycles. The van der Waals surface area contributed by atoms with Gasteiger partial charge in [0.05, 0.1) is 18.2 Å². The molecule has 0 aliphatic heterocycles. The number of pyridine rings is 1. The van der Waals surface area contributed by atoms with Crippen LogP contribution in [0.1, 0.15) is 6.42 Å². The molecule has 10 nitrogen and oxygen atoms in total. The van der Waals surface area contributed by atoms with Crippen molar-refractivity contribution in [3.63, 3.8) is 0 Å². The van der Waals surface area contributed by atoms with Crippen LogP contribution in [0, 0.1) is 0 Å². The molecular formula is C17H16N8O2. The highest BCUT2D eigenvalue weighted by Gasteiger charge is 2.12. The van der Waals surface area contributed by atoms with Crippen molar-refractivity contribution in [1.29, 1.82) is 0 Å². The van der Waals surface area contributed by atoms with Crippen molar-refractivity contribution in [1.82, 2.24) is 34.1 Å². The summed E-state index contributed by atoms with van der Waals surface area (Å²) < 4.78 is 4.51. The van der Waals surface area contributed by atoms with Crippen molar-refractivity contribution in [3.05, 3.63) is 59.7 Å². The third-order valence-electron chi connectivity index (χ3n) is 4.08. The van der Waals surface area contributed by atoms with Crippen LogP contribution in [0.3, 0.4) is 0 Å². The molecule has 136 valence electrons. The molecule has 0 fully saturated rings. The number of rotatable bonds is 5. The number of carbonyl (C=O) groups excluding carboxylic acids is 1. The molecule has 1 N–H and O–H groups in total. The third-order valence-corrected chi connectivity index (χ3v) is 4.08. The maximum absolute atomic E-state index is 12.4. The SMILES string of the molecule is Cn1ncc2c(=O)n(CCC(=O)Nc3cccnc3-n3cccn3)cnc21. The molecule has 4 aromatic heterocycles. The Balaban J connectivity index is 1.48. The minimum atomic E-state index is -0.241. The zero-order chi connectivity index (χ0) is 18.8. The summed E-state index contributed by atoms with van der Waals surface area (Å²) >= 11 is 0. The second kappa shape index (κ2) is 6.83. The fraction of sp³-hybridized carbons (Fsp3) is 0.176. The number of hydrogen-bond donors (Lipinski definition) is 1. The second-order valence-electron chi connectivity index (χ2n) is 5.87. The lowest BCUT2D eigenvalue weighted by Gasteiger charge is -2.10. The first-order chi connectivity index (χ1) is 13.1. The minimum Gasteiger partial charge on any atom is -0.323 e. The van der Waals surface area contributed by atoms with Crippen molar-refractivity contribution in [2.24, 2.45) is 7.05 Å². The van der Waals surface area contributed by atoms with Gasteiger partial charge in [0.15, 0.2) is 11.5 Å². The van der Waals surface area contributed by atoms with Gasteiger partial charge >= 0.3 is 0 Å². The number of nitrogens with one attached hydrogen (secondary N) is 1. The summed E-state index contributed by atoms with van der Waals surface area (Å²) in [5.41, 5.74) is 0.832. The molecule has 1 amide bonds. The maximum atomic E-state index is 12.4. The molecule has 0 bridgehead atoms. The van der Waals surface area contributed by atoms with Crippen LogP contribution < -0.4 is 10.9 Å². The maximum Gasteiger partial charge on any atom is 0.264 e. The molecule has 0 saturated carbocycles. The molecular weight excluding hydrogens is 348 g/mol. The lowest BCUT2D eigenvalue weighted by atomic mass is 10.3. The first-order valence-corrected chi connectivity index (χ1v) is 8.25. The van der Waals surface area contributed by atoms with E-state index in [-0.39, 0.29) is 24.4 Å². The Morgan fingerprint density at radius 2 is 2.07 bits per heavy atom. The molecule has 0 aliphatic rings. The van der Waals surface area contributed by atoms with Crippen LogP contribution in [0.5, 0.6) is 0 Å². The van der Waals surface area contributed by atoms with E-state index < -0.39 is 0 Å². The zero-order valence-electron chi connectivity index (χ0n) is 14.5. The number of aryl methyl sites for hydroxylation is 2. The normalized spacial score (nSPS) is 11.0. The smallest absolute Gasteiger partial charge is 0.264 e. The average Bonchev–Trinajstić information content (AvgIpc) is 3.32. The molecule has 0 spiro atoms. The Morgan fingerprint density at radius 3 is 2.89 bits per heavy atom. The molecule has 0 aliphatic carbocycles. The molecule has 4 rings (SSSR count). The van der Waals surface area contributed by atoms with E-state index in [0.29, 0.717) is 22.5 Å². The Bertz CT molecular complexity index is 1160. The molecule has 0 atom stereocenters. The highest BCUT2D eigenvalue weighted by atomic mass is 16.2. The van der Waals surface area contributed by atoms with Gasteiger partial charge in [-0.2, -0.15) is 10.2 Å². The van der Waals surface area contributed by atoms with Crippen LogP contribution in [0.4, 0.5) is 5.69 Å². The summed E-state index contributed by atoms with van der Waals surface area (Å²) in [6.07, 6.45) is 8.02. The van der Waals surface area contributed by atoms with Crippen LogP contribution in [0.15, 0.2) is 54.1 Å². The van der Waals surface area contributed by atoms with Gasteiger partial charge in [0.2, 0.25) is 5.91 Å². The second-order valence-corrected chi connectivity index (χ2v) is 5.87. The van der Waals surface area contributed by atoms with Gasteiger partial charge in [-0.15, -0.1) is 0 Å². The molecule has 4 heterocycles. The molecule has 0 radical (unpaired) electrons. The third kappa shape index (κ3) is 3.19. The molecule has 0 aromatic carbocycles. The van der Waals surface area contributed by atoms with E-state index >= 15 is 0 Å². The van der Waals surface area contributed by atoms with E-state index in [4.69, 9.17) is 0 Å². The molecule has 10 heteroatoms. The van der Waals surface area contributed by atoms with Gasteiger partial charge in [0, 0.05) is 38.6 Å². The van der Waals surface area contributed by atoms with Crippen LogP contribution in [0.25, 0.3) is 16.9 Å².